The molecule has 48 valence electrons. The SMILES string of the molecule is IC(I)c1cnccn1. The molecule has 0 aliphatic heterocycles. The van der Waals surface area contributed by atoms with Crippen LogP contribution in [0.3, 0.4) is 0 Å². The fraction of sp³-hybridized carbons (Fsp3) is 0.200. The average Bonchev–Trinajstić information content (AvgIpc) is 1.90. The third-order valence-corrected chi connectivity index (χ3v) is 2.08. The molecule has 9 heavy (non-hydrogen) atoms. The lowest BCUT2D eigenvalue weighted by Gasteiger charge is -1.96. The molecule has 0 aromatic carbocycles. The quantitative estimate of drug-likeness (QED) is 0.577. The highest BCUT2D eigenvalue weighted by atomic mass is 127. The number of hydrogen-bond acceptors (Lipinski definition) is 2. The van der Waals surface area contributed by atoms with Crippen LogP contribution in [-0.2, 0) is 0 Å². The number of rotatable bonds is 1. The van der Waals surface area contributed by atoms with E-state index in [9.17, 15) is 0 Å². The van der Waals surface area contributed by atoms with Crippen LogP contribution in [0.2, 0.25) is 0 Å². The van der Waals surface area contributed by atoms with Crippen molar-refractivity contribution in [1.29, 1.82) is 0 Å². The van der Waals surface area contributed by atoms with Gasteiger partial charge in [0.05, 0.1) is 11.9 Å². The molecule has 0 radical (unpaired) electrons. The minimum atomic E-state index is 0.425. The maximum atomic E-state index is 4.10. The highest BCUT2D eigenvalue weighted by Crippen LogP contribution is 2.27. The van der Waals surface area contributed by atoms with Gasteiger partial charge in [0.25, 0.3) is 0 Å². The Kier molecular flexibility index (Phi) is 3.10. The van der Waals surface area contributed by atoms with E-state index in [0.717, 1.165) is 5.69 Å². The first-order valence-corrected chi connectivity index (χ1v) is 4.84. The molecule has 1 rings (SSSR count). The van der Waals surface area contributed by atoms with E-state index in [0.29, 0.717) is 1.93 Å². The molecule has 1 heterocycles. The molecule has 0 fully saturated rings. The molecule has 1 aromatic heterocycles. The van der Waals surface area contributed by atoms with Crippen LogP contribution in [0.5, 0.6) is 0 Å². The first-order chi connectivity index (χ1) is 4.30. The van der Waals surface area contributed by atoms with Gasteiger partial charge in [0.2, 0.25) is 0 Å². The summed E-state index contributed by atoms with van der Waals surface area (Å²) in [7, 11) is 0. The summed E-state index contributed by atoms with van der Waals surface area (Å²) in [4.78, 5) is 8.03. The fourth-order valence-corrected chi connectivity index (χ4v) is 1.07. The van der Waals surface area contributed by atoms with Crippen molar-refractivity contribution in [2.24, 2.45) is 0 Å². The van der Waals surface area contributed by atoms with Crippen LogP contribution in [0.15, 0.2) is 18.6 Å². The van der Waals surface area contributed by atoms with Gasteiger partial charge in [-0.3, -0.25) is 9.97 Å². The molecule has 4 heteroatoms. The zero-order valence-corrected chi connectivity index (χ0v) is 8.77. The highest BCUT2D eigenvalue weighted by Gasteiger charge is 2.00. The number of halogens is 2. The third kappa shape index (κ3) is 2.32. The lowest BCUT2D eigenvalue weighted by Crippen LogP contribution is -1.85. The van der Waals surface area contributed by atoms with Crippen LogP contribution < -0.4 is 0 Å². The summed E-state index contributed by atoms with van der Waals surface area (Å²) in [6.45, 7) is 0. The summed E-state index contributed by atoms with van der Waals surface area (Å²) >= 11 is 4.58. The van der Waals surface area contributed by atoms with E-state index in [2.05, 4.69) is 55.1 Å². The standard InChI is InChI=1S/C5H4I2N2/c6-5(7)4-3-8-1-2-9-4/h1-3,5H. The van der Waals surface area contributed by atoms with E-state index in [1.54, 1.807) is 18.6 Å². The second-order valence-electron chi connectivity index (χ2n) is 1.43. The van der Waals surface area contributed by atoms with Gasteiger partial charge in [0.1, 0.15) is 1.93 Å². The first-order valence-electron chi connectivity index (χ1n) is 2.35. The molecule has 0 amide bonds. The third-order valence-electron chi connectivity index (χ3n) is 0.807. The number of hydrogen-bond donors (Lipinski definition) is 0. The molecule has 0 aliphatic rings. The molecule has 1 aromatic rings. The number of nitrogens with zero attached hydrogens (tertiary/aromatic N) is 2. The minimum Gasteiger partial charge on any atom is -0.261 e. The van der Waals surface area contributed by atoms with E-state index in [-0.39, 0.29) is 0 Å². The van der Waals surface area contributed by atoms with Crippen LogP contribution in [0, 0.1) is 0 Å². The summed E-state index contributed by atoms with van der Waals surface area (Å²) < 4.78 is 0.425. The zero-order chi connectivity index (χ0) is 6.69. The molecule has 0 spiro atoms. The van der Waals surface area contributed by atoms with Gasteiger partial charge in [0, 0.05) is 12.4 Å². The average molecular weight is 346 g/mol. The van der Waals surface area contributed by atoms with Gasteiger partial charge in [0.15, 0.2) is 0 Å². The topological polar surface area (TPSA) is 25.8 Å². The van der Waals surface area contributed by atoms with Crippen LogP contribution in [-0.4, -0.2) is 9.97 Å². The minimum absolute atomic E-state index is 0.425. The molecular weight excluding hydrogens is 342 g/mol. The second kappa shape index (κ2) is 3.65. The predicted octanol–water partition coefficient (Wildman–Crippen LogP) is 2.35. The van der Waals surface area contributed by atoms with Gasteiger partial charge in [-0.25, -0.2) is 0 Å². The maximum absolute atomic E-state index is 4.10. The molecule has 0 atom stereocenters. The molecule has 0 unspecified atom stereocenters. The normalized spacial score (nSPS) is 10.1. The lowest BCUT2D eigenvalue weighted by atomic mass is 10.5. The summed E-state index contributed by atoms with van der Waals surface area (Å²) in [5, 5.41) is 0. The Hall–Kier alpha value is 0.540. The van der Waals surface area contributed by atoms with Gasteiger partial charge in [-0.15, -0.1) is 0 Å². The molecule has 0 N–H and O–H groups in total. The Labute approximate surface area is 80.8 Å². The molecule has 0 saturated heterocycles. The van der Waals surface area contributed by atoms with Crippen molar-refractivity contribution in [3.8, 4) is 0 Å². The zero-order valence-electron chi connectivity index (χ0n) is 4.46. The highest BCUT2D eigenvalue weighted by molar-refractivity contribution is 14.2. The van der Waals surface area contributed by atoms with Crippen LogP contribution in [0.4, 0.5) is 0 Å². The summed E-state index contributed by atoms with van der Waals surface area (Å²) in [6, 6.07) is 0. The van der Waals surface area contributed by atoms with Crippen LogP contribution in [0.1, 0.15) is 7.63 Å². The smallest absolute Gasteiger partial charge is 0.106 e. The molecule has 0 bridgehead atoms. The fourth-order valence-electron chi connectivity index (χ4n) is 0.423. The number of alkyl halides is 2. The van der Waals surface area contributed by atoms with E-state index >= 15 is 0 Å². The molecular formula is C5H4I2N2. The van der Waals surface area contributed by atoms with Crippen molar-refractivity contribution >= 4 is 45.2 Å². The summed E-state index contributed by atoms with van der Waals surface area (Å²) in [6.07, 6.45) is 5.17. The Morgan fingerprint density at radius 1 is 1.33 bits per heavy atom. The summed E-state index contributed by atoms with van der Waals surface area (Å²) in [5.41, 5.74) is 1.03. The van der Waals surface area contributed by atoms with E-state index in [1.807, 2.05) is 0 Å². The predicted molar refractivity (Wildman–Crippen MR) is 52.8 cm³/mol. The Balaban J connectivity index is 2.85. The number of aromatic nitrogens is 2. The summed E-state index contributed by atoms with van der Waals surface area (Å²) in [5.74, 6) is 0. The Bertz CT molecular complexity index is 176. The van der Waals surface area contributed by atoms with E-state index < -0.39 is 0 Å². The Morgan fingerprint density at radius 3 is 2.44 bits per heavy atom. The van der Waals surface area contributed by atoms with Crippen molar-refractivity contribution in [2.45, 2.75) is 1.93 Å². The van der Waals surface area contributed by atoms with Gasteiger partial charge >= 0.3 is 0 Å². The molecule has 0 aliphatic carbocycles. The van der Waals surface area contributed by atoms with Crippen LogP contribution in [0.25, 0.3) is 0 Å². The van der Waals surface area contributed by atoms with Gasteiger partial charge in [-0.05, 0) is 0 Å². The lowest BCUT2D eigenvalue weighted by molar-refractivity contribution is 1.11. The van der Waals surface area contributed by atoms with Gasteiger partial charge in [-0.2, -0.15) is 0 Å². The molecule has 2 nitrogen and oxygen atoms in total. The maximum Gasteiger partial charge on any atom is 0.106 e. The van der Waals surface area contributed by atoms with Crippen molar-refractivity contribution in [3.05, 3.63) is 24.3 Å². The van der Waals surface area contributed by atoms with Gasteiger partial charge < -0.3 is 0 Å². The Morgan fingerprint density at radius 2 is 2.11 bits per heavy atom. The van der Waals surface area contributed by atoms with Crippen LogP contribution >= 0.6 is 45.2 Å². The van der Waals surface area contributed by atoms with Crippen molar-refractivity contribution in [2.75, 3.05) is 0 Å². The monoisotopic (exact) mass is 346 g/mol. The molecule has 0 saturated carbocycles. The second-order valence-corrected chi connectivity index (χ2v) is 6.31. The van der Waals surface area contributed by atoms with E-state index in [1.165, 1.54) is 0 Å². The van der Waals surface area contributed by atoms with E-state index in [4.69, 9.17) is 0 Å². The van der Waals surface area contributed by atoms with Gasteiger partial charge in [-0.1, -0.05) is 45.2 Å². The van der Waals surface area contributed by atoms with Crippen molar-refractivity contribution in [1.82, 2.24) is 9.97 Å². The largest absolute Gasteiger partial charge is 0.261 e. The van der Waals surface area contributed by atoms with Crippen molar-refractivity contribution < 1.29 is 0 Å². The first kappa shape index (κ1) is 7.64. The van der Waals surface area contributed by atoms with Crippen molar-refractivity contribution in [3.63, 3.8) is 0 Å².